The van der Waals surface area contributed by atoms with Gasteiger partial charge in [0.25, 0.3) is 0 Å². The van der Waals surface area contributed by atoms with Crippen LogP contribution in [-0.4, -0.2) is 33.1 Å². The van der Waals surface area contributed by atoms with Gasteiger partial charge in [-0.15, -0.1) is 0 Å². The molecular weight excluding hydrogens is 340 g/mol. The first-order chi connectivity index (χ1) is 13.2. The molecule has 6 heteroatoms. The molecular formula is C21H22N4O2. The second kappa shape index (κ2) is 6.37. The molecule has 3 heterocycles. The van der Waals surface area contributed by atoms with E-state index in [1.54, 1.807) is 0 Å². The van der Waals surface area contributed by atoms with E-state index in [9.17, 15) is 4.79 Å². The summed E-state index contributed by atoms with van der Waals surface area (Å²) in [7, 11) is 0. The highest BCUT2D eigenvalue weighted by atomic mass is 16.5. The summed E-state index contributed by atoms with van der Waals surface area (Å²) in [5, 5.41) is 2.89. The smallest absolute Gasteiger partial charge is 0.241 e. The Bertz CT molecular complexity index is 994. The fourth-order valence-corrected chi connectivity index (χ4v) is 3.73. The van der Waals surface area contributed by atoms with Crippen molar-refractivity contribution in [1.29, 1.82) is 0 Å². The van der Waals surface area contributed by atoms with Gasteiger partial charge >= 0.3 is 0 Å². The number of benzene rings is 1. The number of imidazole rings is 1. The molecule has 0 spiro atoms. The van der Waals surface area contributed by atoms with E-state index < -0.39 is 0 Å². The number of hydrogen-bond donors (Lipinski definition) is 1. The summed E-state index contributed by atoms with van der Waals surface area (Å²) in [5.41, 5.74) is 3.75. The highest BCUT2D eigenvalue weighted by Gasteiger charge is 2.31. The van der Waals surface area contributed by atoms with E-state index in [0.717, 1.165) is 22.3 Å². The number of carbonyl (C=O) groups excluding carboxylic acids is 1. The molecule has 2 fully saturated rings. The highest BCUT2D eigenvalue weighted by molar-refractivity contribution is 5.85. The van der Waals surface area contributed by atoms with E-state index in [0.29, 0.717) is 24.9 Å². The van der Waals surface area contributed by atoms with Gasteiger partial charge in [0.2, 0.25) is 11.8 Å². The van der Waals surface area contributed by atoms with Crippen molar-refractivity contribution in [1.82, 2.24) is 19.9 Å². The second-order valence-electron chi connectivity index (χ2n) is 7.52. The van der Waals surface area contributed by atoms with Crippen molar-refractivity contribution in [3.63, 3.8) is 0 Å². The van der Waals surface area contributed by atoms with Crippen LogP contribution in [0.15, 0.2) is 42.7 Å². The first-order valence-corrected chi connectivity index (χ1v) is 9.55. The predicted octanol–water partition coefficient (Wildman–Crippen LogP) is 3.34. The number of nitrogens with zero attached hydrogens (tertiary/aromatic N) is 3. The summed E-state index contributed by atoms with van der Waals surface area (Å²) >= 11 is 0. The molecule has 27 heavy (non-hydrogen) atoms. The normalized spacial score (nSPS) is 20.6. The van der Waals surface area contributed by atoms with Gasteiger partial charge in [-0.2, -0.15) is 0 Å². The van der Waals surface area contributed by atoms with Crippen LogP contribution in [0.1, 0.15) is 32.2 Å². The van der Waals surface area contributed by atoms with Crippen molar-refractivity contribution in [2.24, 2.45) is 5.92 Å². The van der Waals surface area contributed by atoms with Gasteiger partial charge in [-0.25, -0.2) is 9.97 Å². The molecule has 1 aliphatic heterocycles. The summed E-state index contributed by atoms with van der Waals surface area (Å²) in [6, 6.07) is 12.6. The molecule has 0 radical (unpaired) electrons. The molecule has 3 aromatic rings. The number of rotatable bonds is 5. The molecule has 1 saturated heterocycles. The molecule has 1 N–H and O–H groups in total. The summed E-state index contributed by atoms with van der Waals surface area (Å²) < 4.78 is 8.53. The van der Waals surface area contributed by atoms with E-state index in [-0.39, 0.29) is 17.9 Å². The molecule has 1 unspecified atom stereocenters. The third kappa shape index (κ3) is 3.05. The van der Waals surface area contributed by atoms with E-state index in [1.807, 2.05) is 49.6 Å². The number of nitrogens with one attached hydrogen (secondary N) is 1. The molecule has 1 aromatic carbocycles. The number of ether oxygens (including phenoxy) is 1. The predicted molar refractivity (Wildman–Crippen MR) is 102 cm³/mol. The third-order valence-electron chi connectivity index (χ3n) is 5.50. The number of fused-ring (bicyclic) bond motifs is 1. The summed E-state index contributed by atoms with van der Waals surface area (Å²) in [6.45, 7) is 2.68. The van der Waals surface area contributed by atoms with Crippen LogP contribution < -0.4 is 10.1 Å². The van der Waals surface area contributed by atoms with Crippen molar-refractivity contribution < 1.29 is 9.53 Å². The Labute approximate surface area is 157 Å². The van der Waals surface area contributed by atoms with Crippen LogP contribution in [0.2, 0.25) is 0 Å². The van der Waals surface area contributed by atoms with E-state index in [2.05, 4.69) is 14.9 Å². The van der Waals surface area contributed by atoms with Gasteiger partial charge < -0.3 is 14.6 Å². The largest absolute Gasteiger partial charge is 0.473 e. The number of pyridine rings is 1. The van der Waals surface area contributed by atoms with Crippen molar-refractivity contribution in [3.05, 3.63) is 42.7 Å². The third-order valence-corrected chi connectivity index (χ3v) is 5.50. The Kier molecular flexibility index (Phi) is 3.85. The van der Waals surface area contributed by atoms with Crippen LogP contribution in [0.3, 0.4) is 0 Å². The molecule has 6 nitrogen and oxygen atoms in total. The minimum Gasteiger partial charge on any atom is -0.473 e. The van der Waals surface area contributed by atoms with Crippen molar-refractivity contribution >= 4 is 16.9 Å². The summed E-state index contributed by atoms with van der Waals surface area (Å²) in [5.74, 6) is 0.865. The lowest BCUT2D eigenvalue weighted by Gasteiger charge is -2.20. The van der Waals surface area contributed by atoms with Crippen molar-refractivity contribution in [2.75, 3.05) is 6.54 Å². The Hall–Kier alpha value is -2.89. The maximum Gasteiger partial charge on any atom is 0.241 e. The number of aromatic nitrogens is 3. The molecule has 2 aliphatic rings. The average Bonchev–Trinajstić information content (AvgIpc) is 3.28. The highest BCUT2D eigenvalue weighted by Crippen LogP contribution is 2.40. The molecule has 1 saturated carbocycles. The zero-order valence-corrected chi connectivity index (χ0v) is 15.3. The lowest BCUT2D eigenvalue weighted by molar-refractivity contribution is -0.119. The minimum absolute atomic E-state index is 0.0922. The van der Waals surface area contributed by atoms with Crippen LogP contribution >= 0.6 is 0 Å². The Morgan fingerprint density at radius 3 is 2.78 bits per heavy atom. The number of carbonyl (C=O) groups is 1. The van der Waals surface area contributed by atoms with Gasteiger partial charge in [0.05, 0.1) is 17.5 Å². The monoisotopic (exact) mass is 362 g/mol. The maximum atomic E-state index is 11.6. The van der Waals surface area contributed by atoms with E-state index in [4.69, 9.17) is 9.72 Å². The first kappa shape index (κ1) is 16.3. The van der Waals surface area contributed by atoms with Crippen molar-refractivity contribution in [3.8, 4) is 17.1 Å². The maximum absolute atomic E-state index is 11.6. The minimum atomic E-state index is -0.103. The lowest BCUT2D eigenvalue weighted by atomic mass is 10.0. The van der Waals surface area contributed by atoms with Crippen LogP contribution in [-0.2, 0) is 4.79 Å². The van der Waals surface area contributed by atoms with E-state index in [1.165, 1.54) is 12.8 Å². The quantitative estimate of drug-likeness (QED) is 0.756. The topological polar surface area (TPSA) is 69.0 Å². The SMILES string of the molecule is C[C@@H](Oc1nc(-c2ccccc2)cc2ncn(C3CC3)c12)C1CNC(=O)C1. The Morgan fingerprint density at radius 2 is 2.07 bits per heavy atom. The molecule has 1 aliphatic carbocycles. The molecule has 2 aromatic heterocycles. The fraction of sp³-hybridized carbons (Fsp3) is 0.381. The van der Waals surface area contributed by atoms with Gasteiger partial charge in [0.1, 0.15) is 11.6 Å². The summed E-state index contributed by atoms with van der Waals surface area (Å²) in [6.07, 6.45) is 4.64. The van der Waals surface area contributed by atoms with Crippen LogP contribution in [0.4, 0.5) is 0 Å². The van der Waals surface area contributed by atoms with Crippen LogP contribution in [0.5, 0.6) is 5.88 Å². The van der Waals surface area contributed by atoms with Gasteiger partial charge in [-0.3, -0.25) is 4.79 Å². The van der Waals surface area contributed by atoms with Crippen LogP contribution in [0.25, 0.3) is 22.3 Å². The zero-order valence-electron chi connectivity index (χ0n) is 15.3. The molecule has 0 bridgehead atoms. The molecule has 5 rings (SSSR count). The number of amides is 1. The zero-order chi connectivity index (χ0) is 18.4. The van der Waals surface area contributed by atoms with Crippen molar-refractivity contribution in [2.45, 2.75) is 38.3 Å². The lowest BCUT2D eigenvalue weighted by Crippen LogP contribution is -2.26. The first-order valence-electron chi connectivity index (χ1n) is 9.55. The molecule has 2 atom stereocenters. The fourth-order valence-electron chi connectivity index (χ4n) is 3.73. The van der Waals surface area contributed by atoms with Gasteiger partial charge in [-0.1, -0.05) is 30.3 Å². The standard InChI is InChI=1S/C21H22N4O2/c1-13(15-9-19(26)22-11-15)27-21-20-18(23-12-25(20)16-7-8-16)10-17(24-21)14-5-3-2-4-6-14/h2-6,10,12-13,15-16H,7-9,11H2,1H3,(H,22,26)/t13-,15?/m1/s1. The van der Waals surface area contributed by atoms with Gasteiger partial charge in [0, 0.05) is 30.5 Å². The van der Waals surface area contributed by atoms with E-state index >= 15 is 0 Å². The molecule has 138 valence electrons. The second-order valence-corrected chi connectivity index (χ2v) is 7.52. The molecule has 1 amide bonds. The summed E-state index contributed by atoms with van der Waals surface area (Å²) in [4.78, 5) is 21.1. The van der Waals surface area contributed by atoms with Gasteiger partial charge in [-0.05, 0) is 25.8 Å². The number of hydrogen-bond acceptors (Lipinski definition) is 4. The Balaban J connectivity index is 1.57. The average molecular weight is 362 g/mol. The van der Waals surface area contributed by atoms with Gasteiger partial charge in [0.15, 0.2) is 0 Å². The Morgan fingerprint density at radius 1 is 1.26 bits per heavy atom. The van der Waals surface area contributed by atoms with Crippen LogP contribution in [0, 0.1) is 5.92 Å².